The molecule has 1 N–H and O–H groups in total. The van der Waals surface area contributed by atoms with Crippen molar-refractivity contribution in [1.29, 1.82) is 0 Å². The van der Waals surface area contributed by atoms with Crippen molar-refractivity contribution in [3.8, 4) is 0 Å². The van der Waals surface area contributed by atoms with Gasteiger partial charge >= 0.3 is 0 Å². The lowest BCUT2D eigenvalue weighted by Gasteiger charge is -2.01. The number of nitrogens with zero attached hydrogens (tertiary/aromatic N) is 2. The number of benzene rings is 1. The van der Waals surface area contributed by atoms with Gasteiger partial charge in [-0.15, -0.1) is 0 Å². The maximum absolute atomic E-state index is 11.6. The van der Waals surface area contributed by atoms with E-state index in [9.17, 15) is 19.7 Å². The van der Waals surface area contributed by atoms with E-state index in [4.69, 9.17) is 0 Å². The van der Waals surface area contributed by atoms with Crippen LogP contribution in [0.4, 0.5) is 5.69 Å². The molecule has 0 fully saturated rings. The van der Waals surface area contributed by atoms with Crippen LogP contribution in [-0.2, 0) is 4.79 Å². The standard InChI is InChI=1S/C12H13N3O4/c1-8(7-9(2)16)13-14-12(17)10-3-5-11(6-4-10)15(18)19/h3-6H,7H2,1-2H3,(H,14,17). The molecule has 1 aromatic rings. The Morgan fingerprint density at radius 1 is 1.26 bits per heavy atom. The zero-order chi connectivity index (χ0) is 14.4. The highest BCUT2D eigenvalue weighted by Gasteiger charge is 2.08. The molecule has 100 valence electrons. The van der Waals surface area contributed by atoms with E-state index in [1.54, 1.807) is 6.92 Å². The number of ketones is 1. The van der Waals surface area contributed by atoms with E-state index in [1.807, 2.05) is 0 Å². The van der Waals surface area contributed by atoms with Gasteiger partial charge in [0.2, 0.25) is 0 Å². The number of carbonyl (C=O) groups excluding carboxylic acids is 2. The molecule has 7 heteroatoms. The maximum atomic E-state index is 11.6. The highest BCUT2D eigenvalue weighted by Crippen LogP contribution is 2.11. The second kappa shape index (κ2) is 6.39. The summed E-state index contributed by atoms with van der Waals surface area (Å²) >= 11 is 0. The number of amides is 1. The molecular weight excluding hydrogens is 250 g/mol. The predicted molar refractivity (Wildman–Crippen MR) is 69.0 cm³/mol. The molecule has 0 saturated carbocycles. The minimum absolute atomic E-state index is 0.0502. The van der Waals surface area contributed by atoms with Gasteiger partial charge in [0.1, 0.15) is 5.78 Å². The fourth-order valence-corrected chi connectivity index (χ4v) is 1.35. The summed E-state index contributed by atoms with van der Waals surface area (Å²) in [6, 6.07) is 5.15. The average Bonchev–Trinajstić information content (AvgIpc) is 2.35. The number of non-ortho nitro benzene ring substituents is 1. The van der Waals surface area contributed by atoms with E-state index in [2.05, 4.69) is 10.5 Å². The summed E-state index contributed by atoms with van der Waals surface area (Å²) in [5.74, 6) is -0.538. The summed E-state index contributed by atoms with van der Waals surface area (Å²) in [6.45, 7) is 3.05. The normalized spacial score (nSPS) is 10.9. The van der Waals surface area contributed by atoms with Crippen LogP contribution in [0, 0.1) is 10.1 Å². The lowest BCUT2D eigenvalue weighted by Crippen LogP contribution is -2.19. The molecule has 7 nitrogen and oxygen atoms in total. The van der Waals surface area contributed by atoms with Crippen molar-refractivity contribution < 1.29 is 14.5 Å². The first-order chi connectivity index (χ1) is 8.90. The van der Waals surface area contributed by atoms with Gasteiger partial charge < -0.3 is 0 Å². The van der Waals surface area contributed by atoms with Crippen molar-refractivity contribution in [3.63, 3.8) is 0 Å². The molecule has 0 bridgehead atoms. The van der Waals surface area contributed by atoms with Crippen molar-refractivity contribution in [2.45, 2.75) is 20.3 Å². The molecule has 1 rings (SSSR count). The molecule has 0 aromatic heterocycles. The Hall–Kier alpha value is -2.57. The molecule has 0 atom stereocenters. The van der Waals surface area contributed by atoms with Gasteiger partial charge in [0.15, 0.2) is 0 Å². The van der Waals surface area contributed by atoms with Gasteiger partial charge in [-0.25, -0.2) is 5.43 Å². The monoisotopic (exact) mass is 263 g/mol. The van der Waals surface area contributed by atoms with Gasteiger partial charge in [-0.1, -0.05) is 0 Å². The van der Waals surface area contributed by atoms with Crippen molar-refractivity contribution >= 4 is 23.1 Å². The van der Waals surface area contributed by atoms with Gasteiger partial charge in [0.05, 0.1) is 4.92 Å². The number of carbonyl (C=O) groups is 2. The Bertz CT molecular complexity index is 534. The molecule has 0 unspecified atom stereocenters. The third kappa shape index (κ3) is 4.66. The quantitative estimate of drug-likeness (QED) is 0.496. The topological polar surface area (TPSA) is 102 Å². The Labute approximate surface area is 109 Å². The zero-order valence-corrected chi connectivity index (χ0v) is 10.5. The summed E-state index contributed by atoms with van der Waals surface area (Å²) in [4.78, 5) is 32.4. The average molecular weight is 263 g/mol. The third-order valence-corrected chi connectivity index (χ3v) is 2.19. The molecule has 1 aromatic carbocycles. The van der Waals surface area contributed by atoms with E-state index in [0.717, 1.165) is 0 Å². The Morgan fingerprint density at radius 2 is 1.84 bits per heavy atom. The van der Waals surface area contributed by atoms with Crippen LogP contribution in [0.25, 0.3) is 0 Å². The van der Waals surface area contributed by atoms with Gasteiger partial charge in [0.25, 0.3) is 11.6 Å². The van der Waals surface area contributed by atoms with E-state index in [-0.39, 0.29) is 23.5 Å². The minimum atomic E-state index is -0.545. The summed E-state index contributed by atoms with van der Waals surface area (Å²) in [6.07, 6.45) is 0.167. The number of Topliss-reactive ketones (excluding diaryl/α,β-unsaturated/α-hetero) is 1. The Morgan fingerprint density at radius 3 is 2.32 bits per heavy atom. The number of rotatable bonds is 5. The second-order valence-electron chi connectivity index (χ2n) is 3.97. The number of hydrazone groups is 1. The lowest BCUT2D eigenvalue weighted by atomic mass is 10.2. The van der Waals surface area contributed by atoms with Gasteiger partial charge in [-0.2, -0.15) is 5.10 Å². The molecule has 0 saturated heterocycles. The second-order valence-corrected chi connectivity index (χ2v) is 3.97. The highest BCUT2D eigenvalue weighted by atomic mass is 16.6. The third-order valence-electron chi connectivity index (χ3n) is 2.19. The first-order valence-electron chi connectivity index (χ1n) is 5.47. The summed E-state index contributed by atoms with van der Waals surface area (Å²) in [5, 5.41) is 14.2. The number of nitrogens with one attached hydrogen (secondary N) is 1. The number of nitro benzene ring substituents is 1. The van der Waals surface area contributed by atoms with Gasteiger partial charge in [0, 0.05) is 29.8 Å². The molecule has 0 radical (unpaired) electrons. The van der Waals surface area contributed by atoms with Crippen LogP contribution in [-0.4, -0.2) is 22.3 Å². The van der Waals surface area contributed by atoms with Gasteiger partial charge in [-0.05, 0) is 26.0 Å². The fraction of sp³-hybridized carbons (Fsp3) is 0.250. The van der Waals surface area contributed by atoms with Crippen LogP contribution in [0.1, 0.15) is 30.6 Å². The lowest BCUT2D eigenvalue weighted by molar-refractivity contribution is -0.384. The van der Waals surface area contributed by atoms with Crippen molar-refractivity contribution in [3.05, 3.63) is 39.9 Å². The Balaban J connectivity index is 2.68. The molecule has 0 aliphatic heterocycles. The predicted octanol–water partition coefficient (Wildman–Crippen LogP) is 1.68. The summed E-state index contributed by atoms with van der Waals surface area (Å²) in [7, 11) is 0. The van der Waals surface area contributed by atoms with Crippen LogP contribution >= 0.6 is 0 Å². The van der Waals surface area contributed by atoms with E-state index < -0.39 is 10.8 Å². The van der Waals surface area contributed by atoms with Crippen molar-refractivity contribution in [2.24, 2.45) is 5.10 Å². The number of hydrogen-bond acceptors (Lipinski definition) is 5. The first-order valence-corrected chi connectivity index (χ1v) is 5.47. The van der Waals surface area contributed by atoms with Crippen molar-refractivity contribution in [2.75, 3.05) is 0 Å². The largest absolute Gasteiger partial charge is 0.300 e. The molecule has 19 heavy (non-hydrogen) atoms. The molecule has 0 aliphatic carbocycles. The summed E-state index contributed by atoms with van der Waals surface area (Å²) < 4.78 is 0. The van der Waals surface area contributed by atoms with E-state index in [1.165, 1.54) is 31.2 Å². The van der Waals surface area contributed by atoms with E-state index in [0.29, 0.717) is 5.71 Å². The molecule has 0 aliphatic rings. The minimum Gasteiger partial charge on any atom is -0.300 e. The Kier molecular flexibility index (Phi) is 4.87. The zero-order valence-electron chi connectivity index (χ0n) is 10.5. The van der Waals surface area contributed by atoms with Crippen molar-refractivity contribution in [1.82, 2.24) is 5.43 Å². The number of hydrogen-bond donors (Lipinski definition) is 1. The van der Waals surface area contributed by atoms with Crippen LogP contribution in [0.2, 0.25) is 0 Å². The molecular formula is C12H13N3O4. The number of nitro groups is 1. The SMILES string of the molecule is CC(=O)CC(C)=NNC(=O)c1ccc([N+](=O)[O-])cc1. The van der Waals surface area contributed by atoms with Gasteiger partial charge in [-0.3, -0.25) is 19.7 Å². The summed E-state index contributed by atoms with van der Waals surface area (Å²) in [5.41, 5.74) is 2.93. The maximum Gasteiger partial charge on any atom is 0.271 e. The van der Waals surface area contributed by atoms with Crippen LogP contribution in [0.15, 0.2) is 29.4 Å². The molecule has 1 amide bonds. The smallest absolute Gasteiger partial charge is 0.271 e. The van der Waals surface area contributed by atoms with Crippen LogP contribution < -0.4 is 5.43 Å². The molecule has 0 spiro atoms. The highest BCUT2D eigenvalue weighted by molar-refractivity contribution is 6.01. The fourth-order valence-electron chi connectivity index (χ4n) is 1.35. The van der Waals surface area contributed by atoms with Crippen LogP contribution in [0.5, 0.6) is 0 Å². The molecule has 0 heterocycles. The van der Waals surface area contributed by atoms with Crippen LogP contribution in [0.3, 0.4) is 0 Å². The first kappa shape index (κ1) is 14.5. The van der Waals surface area contributed by atoms with E-state index >= 15 is 0 Å².